The minimum absolute atomic E-state index is 0.262. The van der Waals surface area contributed by atoms with Gasteiger partial charge in [-0.15, -0.1) is 0 Å². The molecule has 0 saturated carbocycles. The first-order valence-electron chi connectivity index (χ1n) is 6.24. The van der Waals surface area contributed by atoms with Crippen molar-refractivity contribution < 1.29 is 8.91 Å². The van der Waals surface area contributed by atoms with E-state index in [0.29, 0.717) is 16.9 Å². The van der Waals surface area contributed by atoms with Crippen molar-refractivity contribution in [1.29, 1.82) is 0 Å². The molecule has 0 saturated heterocycles. The summed E-state index contributed by atoms with van der Waals surface area (Å²) in [6.45, 7) is 1.97. The van der Waals surface area contributed by atoms with Gasteiger partial charge in [-0.2, -0.15) is 0 Å². The van der Waals surface area contributed by atoms with Crippen LogP contribution >= 0.6 is 0 Å². The van der Waals surface area contributed by atoms with E-state index in [0.717, 1.165) is 11.1 Å². The number of hydrogen-bond donors (Lipinski definition) is 1. The minimum atomic E-state index is -0.363. The summed E-state index contributed by atoms with van der Waals surface area (Å²) in [5.74, 6) is 0.255. The summed E-state index contributed by atoms with van der Waals surface area (Å²) < 4.78 is 19.2. The number of benzene rings is 2. The average molecular weight is 268 g/mol. The lowest BCUT2D eigenvalue weighted by atomic mass is 9.97. The predicted octanol–water partition coefficient (Wildman–Crippen LogP) is 4.04. The maximum atomic E-state index is 14.0. The fourth-order valence-electron chi connectivity index (χ4n) is 2.25. The SMILES string of the molecule is Cc1ccccc1-c1c(N)noc1-c1ccccc1F. The van der Waals surface area contributed by atoms with Crippen molar-refractivity contribution in [3.8, 4) is 22.5 Å². The molecule has 0 amide bonds. The summed E-state index contributed by atoms with van der Waals surface area (Å²) in [6, 6.07) is 14.1. The first-order chi connectivity index (χ1) is 9.68. The van der Waals surface area contributed by atoms with Gasteiger partial charge in [-0.25, -0.2) is 4.39 Å². The van der Waals surface area contributed by atoms with Crippen LogP contribution in [0.4, 0.5) is 10.2 Å². The highest BCUT2D eigenvalue weighted by molar-refractivity contribution is 5.87. The summed E-state index contributed by atoms with van der Waals surface area (Å²) in [7, 11) is 0. The van der Waals surface area contributed by atoms with Crippen molar-refractivity contribution in [2.45, 2.75) is 6.92 Å². The minimum Gasteiger partial charge on any atom is -0.380 e. The number of halogens is 1. The Kier molecular flexibility index (Phi) is 2.99. The van der Waals surface area contributed by atoms with E-state index in [4.69, 9.17) is 10.3 Å². The number of hydrogen-bond acceptors (Lipinski definition) is 3. The molecule has 0 spiro atoms. The van der Waals surface area contributed by atoms with Crippen LogP contribution in [-0.2, 0) is 0 Å². The molecule has 3 nitrogen and oxygen atoms in total. The molecule has 0 unspecified atom stereocenters. The van der Waals surface area contributed by atoms with Crippen LogP contribution in [0.25, 0.3) is 22.5 Å². The molecule has 1 aromatic heterocycles. The summed E-state index contributed by atoms with van der Waals surface area (Å²) in [5, 5.41) is 3.79. The molecule has 2 aromatic carbocycles. The van der Waals surface area contributed by atoms with E-state index in [1.807, 2.05) is 31.2 Å². The molecular formula is C16H13FN2O. The van der Waals surface area contributed by atoms with Gasteiger partial charge in [0.15, 0.2) is 11.6 Å². The lowest BCUT2D eigenvalue weighted by molar-refractivity contribution is 0.433. The number of nitrogens with zero attached hydrogens (tertiary/aromatic N) is 1. The van der Waals surface area contributed by atoms with Crippen LogP contribution in [0.5, 0.6) is 0 Å². The van der Waals surface area contributed by atoms with Gasteiger partial charge < -0.3 is 10.3 Å². The molecule has 0 aliphatic carbocycles. The third kappa shape index (κ3) is 1.95. The molecule has 20 heavy (non-hydrogen) atoms. The van der Waals surface area contributed by atoms with Gasteiger partial charge in [-0.3, -0.25) is 0 Å². The smallest absolute Gasteiger partial charge is 0.179 e. The molecule has 2 N–H and O–H groups in total. The van der Waals surface area contributed by atoms with E-state index in [1.54, 1.807) is 18.2 Å². The van der Waals surface area contributed by atoms with Gasteiger partial charge in [0.25, 0.3) is 0 Å². The van der Waals surface area contributed by atoms with Gasteiger partial charge in [-0.05, 0) is 30.2 Å². The summed E-state index contributed by atoms with van der Waals surface area (Å²) in [4.78, 5) is 0. The van der Waals surface area contributed by atoms with Crippen molar-refractivity contribution >= 4 is 5.82 Å². The fraction of sp³-hybridized carbons (Fsp3) is 0.0625. The molecule has 0 bridgehead atoms. The fourth-order valence-corrected chi connectivity index (χ4v) is 2.25. The van der Waals surface area contributed by atoms with Crippen LogP contribution < -0.4 is 5.73 Å². The standard InChI is InChI=1S/C16H13FN2O/c1-10-6-2-3-7-11(10)14-15(20-19-16(14)18)12-8-4-5-9-13(12)17/h2-9H,1H3,(H2,18,19). The van der Waals surface area contributed by atoms with Gasteiger partial charge in [0.2, 0.25) is 0 Å². The largest absolute Gasteiger partial charge is 0.380 e. The molecule has 100 valence electrons. The molecule has 0 atom stereocenters. The highest BCUT2D eigenvalue weighted by Crippen LogP contribution is 2.38. The van der Waals surface area contributed by atoms with Gasteiger partial charge in [-0.1, -0.05) is 41.6 Å². The third-order valence-corrected chi connectivity index (χ3v) is 3.25. The molecule has 3 aromatic rings. The Morgan fingerprint density at radius 1 is 1.00 bits per heavy atom. The van der Waals surface area contributed by atoms with E-state index >= 15 is 0 Å². The molecule has 4 heteroatoms. The first-order valence-corrected chi connectivity index (χ1v) is 6.24. The number of nitrogen functional groups attached to an aromatic ring is 1. The topological polar surface area (TPSA) is 52.0 Å². The highest BCUT2D eigenvalue weighted by atomic mass is 19.1. The highest BCUT2D eigenvalue weighted by Gasteiger charge is 2.20. The van der Waals surface area contributed by atoms with Crippen LogP contribution in [0.1, 0.15) is 5.56 Å². The van der Waals surface area contributed by atoms with Crippen molar-refractivity contribution in [1.82, 2.24) is 5.16 Å². The number of anilines is 1. The molecule has 1 heterocycles. The Labute approximate surface area is 115 Å². The second-order valence-electron chi connectivity index (χ2n) is 4.57. The maximum absolute atomic E-state index is 14.0. The normalized spacial score (nSPS) is 10.7. The van der Waals surface area contributed by atoms with Crippen molar-refractivity contribution in [3.05, 3.63) is 59.9 Å². The monoisotopic (exact) mass is 268 g/mol. The van der Waals surface area contributed by atoms with Gasteiger partial charge in [0, 0.05) is 0 Å². The molecular weight excluding hydrogens is 255 g/mol. The number of rotatable bonds is 2. The third-order valence-electron chi connectivity index (χ3n) is 3.25. The van der Waals surface area contributed by atoms with E-state index in [9.17, 15) is 4.39 Å². The Balaban J connectivity index is 2.26. The quantitative estimate of drug-likeness (QED) is 0.763. The number of aryl methyl sites for hydroxylation is 1. The Hall–Kier alpha value is -2.62. The van der Waals surface area contributed by atoms with Crippen LogP contribution in [0.2, 0.25) is 0 Å². The molecule has 3 rings (SSSR count). The summed E-state index contributed by atoms with van der Waals surface area (Å²) in [5.41, 5.74) is 8.81. The van der Waals surface area contributed by atoms with E-state index in [1.165, 1.54) is 6.07 Å². The molecule has 0 aliphatic rings. The van der Waals surface area contributed by atoms with Crippen LogP contribution in [-0.4, -0.2) is 5.16 Å². The van der Waals surface area contributed by atoms with Crippen molar-refractivity contribution in [2.75, 3.05) is 5.73 Å². The zero-order chi connectivity index (χ0) is 14.1. The molecule has 0 fully saturated rings. The molecule has 0 aliphatic heterocycles. The zero-order valence-corrected chi connectivity index (χ0v) is 10.9. The average Bonchev–Trinajstić information content (AvgIpc) is 2.82. The molecule has 0 radical (unpaired) electrons. The lowest BCUT2D eigenvalue weighted by Gasteiger charge is -2.06. The van der Waals surface area contributed by atoms with Crippen molar-refractivity contribution in [3.63, 3.8) is 0 Å². The van der Waals surface area contributed by atoms with Crippen LogP contribution in [0.15, 0.2) is 53.1 Å². The Morgan fingerprint density at radius 3 is 2.35 bits per heavy atom. The second kappa shape index (κ2) is 4.81. The predicted molar refractivity (Wildman–Crippen MR) is 76.5 cm³/mol. The van der Waals surface area contributed by atoms with E-state index in [2.05, 4.69) is 5.16 Å². The maximum Gasteiger partial charge on any atom is 0.179 e. The van der Waals surface area contributed by atoms with E-state index < -0.39 is 0 Å². The van der Waals surface area contributed by atoms with Gasteiger partial charge in [0.1, 0.15) is 5.82 Å². The van der Waals surface area contributed by atoms with Gasteiger partial charge in [0.05, 0.1) is 11.1 Å². The van der Waals surface area contributed by atoms with E-state index in [-0.39, 0.29) is 11.6 Å². The Morgan fingerprint density at radius 2 is 1.65 bits per heavy atom. The lowest BCUT2D eigenvalue weighted by Crippen LogP contribution is -1.91. The van der Waals surface area contributed by atoms with Crippen molar-refractivity contribution in [2.24, 2.45) is 0 Å². The second-order valence-corrected chi connectivity index (χ2v) is 4.57. The summed E-state index contributed by atoms with van der Waals surface area (Å²) >= 11 is 0. The van der Waals surface area contributed by atoms with Crippen LogP contribution in [0.3, 0.4) is 0 Å². The zero-order valence-electron chi connectivity index (χ0n) is 10.9. The van der Waals surface area contributed by atoms with Gasteiger partial charge >= 0.3 is 0 Å². The number of nitrogens with two attached hydrogens (primary N) is 1. The Bertz CT molecular complexity index is 765. The first kappa shape index (κ1) is 12.4. The van der Waals surface area contributed by atoms with Crippen LogP contribution in [0, 0.1) is 12.7 Å². The number of aromatic nitrogens is 1. The summed E-state index contributed by atoms with van der Waals surface area (Å²) in [6.07, 6.45) is 0.